The van der Waals surface area contributed by atoms with E-state index in [1.807, 2.05) is 13.8 Å². The third-order valence-electron chi connectivity index (χ3n) is 3.18. The van der Waals surface area contributed by atoms with Crippen molar-refractivity contribution in [2.24, 2.45) is 0 Å². The van der Waals surface area contributed by atoms with Crippen LogP contribution in [0.1, 0.15) is 30.6 Å². The molecule has 0 aliphatic carbocycles. The Morgan fingerprint density at radius 1 is 1.38 bits per heavy atom. The second-order valence-corrected chi connectivity index (χ2v) is 5.52. The molecule has 5 heteroatoms. The molecule has 0 N–H and O–H groups in total. The zero-order chi connectivity index (χ0) is 15.4. The number of amides is 1. The third kappa shape index (κ3) is 3.70. The number of likely N-dealkylation sites (N-methyl/N-ethyl adjacent to an activating group) is 1. The topological polar surface area (TPSA) is 38.8 Å². The molecule has 1 aromatic rings. The molecule has 1 aromatic carbocycles. The van der Waals surface area contributed by atoms with Crippen LogP contribution < -0.4 is 9.47 Å². The molecule has 0 saturated heterocycles. The average molecular weight is 310 g/mol. The standard InChI is InChI=1S/C16H20ClNO3/c1-4-18(10-11(2)3)16(19)12-8-13(17)15-14(9-12)20-6-5-7-21-15/h8-9H,2,4-7,10H2,1,3H3. The second-order valence-electron chi connectivity index (χ2n) is 5.11. The summed E-state index contributed by atoms with van der Waals surface area (Å²) in [5.41, 5.74) is 1.44. The van der Waals surface area contributed by atoms with Crippen LogP contribution in [0.3, 0.4) is 0 Å². The molecule has 2 rings (SSSR count). The number of carbonyl (C=O) groups excluding carboxylic acids is 1. The van der Waals surface area contributed by atoms with Crippen LogP contribution in [-0.2, 0) is 0 Å². The van der Waals surface area contributed by atoms with Crippen LogP contribution in [0.2, 0.25) is 5.02 Å². The maximum atomic E-state index is 12.6. The van der Waals surface area contributed by atoms with Crippen molar-refractivity contribution in [2.45, 2.75) is 20.3 Å². The summed E-state index contributed by atoms with van der Waals surface area (Å²) in [7, 11) is 0. The first-order valence-corrected chi connectivity index (χ1v) is 7.43. The zero-order valence-corrected chi connectivity index (χ0v) is 13.2. The molecule has 4 nitrogen and oxygen atoms in total. The lowest BCUT2D eigenvalue weighted by Gasteiger charge is -2.21. The van der Waals surface area contributed by atoms with E-state index < -0.39 is 0 Å². The first-order chi connectivity index (χ1) is 10.0. The highest BCUT2D eigenvalue weighted by molar-refractivity contribution is 6.32. The average Bonchev–Trinajstić information content (AvgIpc) is 2.69. The van der Waals surface area contributed by atoms with Gasteiger partial charge in [0.25, 0.3) is 5.91 Å². The van der Waals surface area contributed by atoms with Crippen molar-refractivity contribution in [1.29, 1.82) is 0 Å². The van der Waals surface area contributed by atoms with Crippen LogP contribution in [0.25, 0.3) is 0 Å². The molecular weight excluding hydrogens is 290 g/mol. The highest BCUT2D eigenvalue weighted by atomic mass is 35.5. The van der Waals surface area contributed by atoms with E-state index in [0.717, 1.165) is 12.0 Å². The van der Waals surface area contributed by atoms with Crippen LogP contribution in [-0.4, -0.2) is 37.1 Å². The zero-order valence-electron chi connectivity index (χ0n) is 12.4. The minimum Gasteiger partial charge on any atom is -0.489 e. The Hall–Kier alpha value is -1.68. The summed E-state index contributed by atoms with van der Waals surface area (Å²) >= 11 is 6.22. The lowest BCUT2D eigenvalue weighted by atomic mass is 10.1. The van der Waals surface area contributed by atoms with Gasteiger partial charge in [0.2, 0.25) is 0 Å². The van der Waals surface area contributed by atoms with Gasteiger partial charge in [-0.25, -0.2) is 0 Å². The molecule has 0 radical (unpaired) electrons. The Balaban J connectivity index is 2.31. The van der Waals surface area contributed by atoms with Crippen LogP contribution >= 0.6 is 11.6 Å². The summed E-state index contributed by atoms with van der Waals surface area (Å²) in [6.45, 7) is 9.95. The molecule has 0 spiro atoms. The van der Waals surface area contributed by atoms with Gasteiger partial charge < -0.3 is 14.4 Å². The Morgan fingerprint density at radius 3 is 2.76 bits per heavy atom. The van der Waals surface area contributed by atoms with Gasteiger partial charge in [0.05, 0.1) is 18.2 Å². The fourth-order valence-corrected chi connectivity index (χ4v) is 2.46. The van der Waals surface area contributed by atoms with Crippen LogP contribution in [0.5, 0.6) is 11.5 Å². The van der Waals surface area contributed by atoms with Crippen LogP contribution in [0, 0.1) is 0 Å². The summed E-state index contributed by atoms with van der Waals surface area (Å²) < 4.78 is 11.2. The number of nitrogens with zero attached hydrogens (tertiary/aromatic N) is 1. The van der Waals surface area contributed by atoms with Gasteiger partial charge in [-0.15, -0.1) is 0 Å². The molecule has 0 fully saturated rings. The number of hydrogen-bond donors (Lipinski definition) is 0. The fraction of sp³-hybridized carbons (Fsp3) is 0.438. The SMILES string of the molecule is C=C(C)CN(CC)C(=O)c1cc(Cl)c2c(c1)OCCCO2. The van der Waals surface area contributed by atoms with Crippen molar-refractivity contribution in [3.05, 3.63) is 34.9 Å². The smallest absolute Gasteiger partial charge is 0.254 e. The highest BCUT2D eigenvalue weighted by Gasteiger charge is 2.21. The van der Waals surface area contributed by atoms with Gasteiger partial charge in [-0.2, -0.15) is 0 Å². The third-order valence-corrected chi connectivity index (χ3v) is 3.46. The predicted molar refractivity (Wildman–Crippen MR) is 83.5 cm³/mol. The number of hydrogen-bond acceptors (Lipinski definition) is 3. The quantitative estimate of drug-likeness (QED) is 0.799. The van der Waals surface area contributed by atoms with Gasteiger partial charge >= 0.3 is 0 Å². The number of fused-ring (bicyclic) bond motifs is 1. The minimum absolute atomic E-state index is 0.0851. The summed E-state index contributed by atoms with van der Waals surface area (Å²) in [6, 6.07) is 3.34. The normalized spacial score (nSPS) is 13.5. The van der Waals surface area contributed by atoms with Crippen molar-refractivity contribution in [3.8, 4) is 11.5 Å². The summed E-state index contributed by atoms with van der Waals surface area (Å²) in [4.78, 5) is 14.3. The Kier molecular flexibility index (Phi) is 5.12. The van der Waals surface area contributed by atoms with E-state index in [1.165, 1.54) is 0 Å². The van der Waals surface area contributed by atoms with Crippen molar-refractivity contribution >= 4 is 17.5 Å². The van der Waals surface area contributed by atoms with Gasteiger partial charge in [-0.05, 0) is 26.0 Å². The number of ether oxygens (including phenoxy) is 2. The van der Waals surface area contributed by atoms with Gasteiger partial charge in [0.15, 0.2) is 11.5 Å². The molecule has 0 bridgehead atoms. The summed E-state index contributed by atoms with van der Waals surface area (Å²) in [5.74, 6) is 0.974. The van der Waals surface area contributed by atoms with Crippen molar-refractivity contribution in [1.82, 2.24) is 4.90 Å². The van der Waals surface area contributed by atoms with Crippen molar-refractivity contribution < 1.29 is 14.3 Å². The monoisotopic (exact) mass is 309 g/mol. The largest absolute Gasteiger partial charge is 0.489 e. The van der Waals surface area contributed by atoms with E-state index in [0.29, 0.717) is 48.4 Å². The Bertz CT molecular complexity index is 557. The van der Waals surface area contributed by atoms with Gasteiger partial charge in [0, 0.05) is 25.1 Å². The maximum absolute atomic E-state index is 12.6. The summed E-state index contributed by atoms with van der Waals surface area (Å²) in [6.07, 6.45) is 0.797. The fourth-order valence-electron chi connectivity index (χ4n) is 2.19. The lowest BCUT2D eigenvalue weighted by Crippen LogP contribution is -2.32. The molecule has 0 saturated carbocycles. The molecule has 1 heterocycles. The van der Waals surface area contributed by atoms with E-state index in [1.54, 1.807) is 17.0 Å². The van der Waals surface area contributed by atoms with Gasteiger partial charge in [-0.3, -0.25) is 4.79 Å². The molecule has 114 valence electrons. The first kappa shape index (κ1) is 15.7. The molecule has 0 aromatic heterocycles. The molecule has 1 aliphatic heterocycles. The van der Waals surface area contributed by atoms with Crippen LogP contribution in [0.4, 0.5) is 0 Å². The lowest BCUT2D eigenvalue weighted by molar-refractivity contribution is 0.0778. The van der Waals surface area contributed by atoms with E-state index in [-0.39, 0.29) is 5.91 Å². The number of carbonyl (C=O) groups is 1. The molecule has 0 unspecified atom stereocenters. The van der Waals surface area contributed by atoms with Crippen molar-refractivity contribution in [3.63, 3.8) is 0 Å². The highest BCUT2D eigenvalue weighted by Crippen LogP contribution is 2.38. The maximum Gasteiger partial charge on any atom is 0.254 e. The molecule has 1 amide bonds. The minimum atomic E-state index is -0.0851. The molecular formula is C16H20ClNO3. The predicted octanol–water partition coefficient (Wildman–Crippen LogP) is 3.54. The molecule has 0 atom stereocenters. The first-order valence-electron chi connectivity index (χ1n) is 7.05. The number of benzene rings is 1. The van der Waals surface area contributed by atoms with E-state index in [9.17, 15) is 4.79 Å². The Morgan fingerprint density at radius 2 is 2.10 bits per heavy atom. The molecule has 1 aliphatic rings. The van der Waals surface area contributed by atoms with Gasteiger partial charge in [0.1, 0.15) is 0 Å². The van der Waals surface area contributed by atoms with E-state index in [4.69, 9.17) is 21.1 Å². The number of halogens is 1. The Labute approximate surface area is 130 Å². The van der Waals surface area contributed by atoms with E-state index >= 15 is 0 Å². The molecule has 21 heavy (non-hydrogen) atoms. The van der Waals surface area contributed by atoms with Crippen molar-refractivity contribution in [2.75, 3.05) is 26.3 Å². The van der Waals surface area contributed by atoms with Gasteiger partial charge in [-0.1, -0.05) is 23.8 Å². The van der Waals surface area contributed by atoms with Crippen LogP contribution in [0.15, 0.2) is 24.3 Å². The number of rotatable bonds is 4. The summed E-state index contributed by atoms with van der Waals surface area (Å²) in [5, 5.41) is 0.407. The van der Waals surface area contributed by atoms with E-state index in [2.05, 4.69) is 6.58 Å². The second kappa shape index (κ2) is 6.85.